The maximum absolute atomic E-state index is 11.9. The number of esters is 2. The lowest BCUT2D eigenvalue weighted by atomic mass is 10.2. The number of unbranched alkanes of at least 4 members (excludes halogenated alkanes) is 14. The number of carbonyl (C=O) groups is 2. The molecular weight excluding hydrogens is 1350 g/mol. The van der Waals surface area contributed by atoms with Crippen LogP contribution in [0.2, 0.25) is 0 Å². The summed E-state index contributed by atoms with van der Waals surface area (Å²) in [5.41, 5.74) is 13.4. The van der Waals surface area contributed by atoms with E-state index in [-0.39, 0.29) is 11.9 Å². The fraction of sp³-hybridized carbons (Fsp3) is 0.800. The van der Waals surface area contributed by atoms with Crippen molar-refractivity contribution < 1.29 is 146 Å². The minimum atomic E-state index is -0.369. The van der Waals surface area contributed by atoms with Gasteiger partial charge in [0.1, 0.15) is 0 Å². The Kier molecular flexibility index (Phi) is 73.3. The normalized spacial score (nSPS) is 11.6. The van der Waals surface area contributed by atoms with Crippen LogP contribution in [-0.4, -0.2) is 197 Å². The first kappa shape index (κ1) is 94.0. The third kappa shape index (κ3) is 70.3. The van der Waals surface area contributed by atoms with Crippen molar-refractivity contribution in [3.63, 3.8) is 0 Å². The average molecular weight is 1470 g/mol. The highest BCUT2D eigenvalue weighted by Gasteiger charge is 2.09. The maximum atomic E-state index is 11.9. The van der Waals surface area contributed by atoms with E-state index in [1.54, 1.807) is 48.5 Å². The lowest BCUT2D eigenvalue weighted by Crippen LogP contribution is -2.07. The van der Waals surface area contributed by atoms with E-state index in [0.717, 1.165) is 154 Å². The number of ether oxygens (including phenoxy) is 2. The van der Waals surface area contributed by atoms with E-state index in [0.29, 0.717) is 233 Å². The highest BCUT2D eigenvalue weighted by Crippen LogP contribution is 2.11. The molecule has 0 aromatic heterocycles. The van der Waals surface area contributed by atoms with Crippen molar-refractivity contribution in [3.05, 3.63) is 59.7 Å². The fourth-order valence-electron chi connectivity index (χ4n) is 7.66. The summed E-state index contributed by atoms with van der Waals surface area (Å²) < 4.78 is 10.5. The van der Waals surface area contributed by atoms with E-state index in [4.69, 9.17) is 148 Å². The molecule has 4 N–H and O–H groups in total. The zero-order valence-electron chi connectivity index (χ0n) is 60.6. The molecule has 0 aliphatic carbocycles. The number of rotatable bonds is 85. The summed E-state index contributed by atoms with van der Waals surface area (Å²) in [7, 11) is 0. The smallest absolute Gasteiger partial charge is 0.338 e. The molecule has 0 amide bonds. The molecule has 594 valence electrons. The van der Waals surface area contributed by atoms with Crippen LogP contribution >= 0.6 is 0 Å². The fourth-order valence-corrected chi connectivity index (χ4v) is 7.66. The van der Waals surface area contributed by atoms with Gasteiger partial charge in [-0.15, -0.1) is 0 Å². The Labute approximate surface area is 603 Å². The van der Waals surface area contributed by atoms with Crippen molar-refractivity contribution in [2.75, 3.05) is 196 Å². The van der Waals surface area contributed by atoms with Crippen LogP contribution < -0.4 is 11.5 Å². The second kappa shape index (κ2) is 79.5. The van der Waals surface area contributed by atoms with Gasteiger partial charge in [-0.05, 0) is 228 Å². The molecule has 0 saturated heterocycles. The van der Waals surface area contributed by atoms with Gasteiger partial charge in [-0.3, -0.25) is 0 Å². The van der Waals surface area contributed by atoms with E-state index in [1.165, 1.54) is 0 Å². The molecule has 0 saturated carbocycles. The average Bonchev–Trinajstić information content (AvgIpc) is 0.935. The molecular formula is C70H124N2O30. The Morgan fingerprint density at radius 3 is 0.373 bits per heavy atom. The van der Waals surface area contributed by atoms with Crippen LogP contribution in [0.4, 0.5) is 11.4 Å². The van der Waals surface area contributed by atoms with E-state index >= 15 is 0 Å². The molecule has 102 heavy (non-hydrogen) atoms. The number of anilines is 2. The Balaban J connectivity index is 1.08. The quantitative estimate of drug-likeness (QED) is 0.0204. The molecule has 32 heteroatoms. The number of carbonyl (C=O) groups excluding carboxylic acids is 2. The molecule has 0 fully saturated rings. The Bertz CT molecular complexity index is 1880. The van der Waals surface area contributed by atoms with Crippen LogP contribution in [0.3, 0.4) is 0 Å². The van der Waals surface area contributed by atoms with Crippen molar-refractivity contribution >= 4 is 23.3 Å². The van der Waals surface area contributed by atoms with Crippen LogP contribution in [-0.2, 0) is 137 Å². The summed E-state index contributed by atoms with van der Waals surface area (Å²) in [5.74, 6) is -0.738. The Morgan fingerprint density at radius 1 is 0.167 bits per heavy atom. The molecule has 0 unspecified atom stereocenters. The summed E-state index contributed by atoms with van der Waals surface area (Å²) >= 11 is 0. The molecule has 0 atom stereocenters. The van der Waals surface area contributed by atoms with Crippen molar-refractivity contribution in [2.45, 2.75) is 180 Å². The monoisotopic (exact) mass is 1470 g/mol. The minimum Gasteiger partial charge on any atom is -0.462 e. The zero-order chi connectivity index (χ0) is 72.5. The lowest BCUT2D eigenvalue weighted by molar-refractivity contribution is -0.312. The summed E-state index contributed by atoms with van der Waals surface area (Å²) in [6.07, 6.45) is 21.6. The van der Waals surface area contributed by atoms with Gasteiger partial charge in [-0.2, -0.15) is 0 Å². The number of hydrogen-bond donors (Lipinski definition) is 2. The number of benzene rings is 2. The van der Waals surface area contributed by atoms with Gasteiger partial charge in [0.05, 0.1) is 196 Å². The topological polar surface area (TPSA) is 345 Å². The van der Waals surface area contributed by atoms with Gasteiger partial charge < -0.3 is 20.9 Å². The first-order chi connectivity index (χ1) is 50.6. The Morgan fingerprint density at radius 2 is 0.265 bits per heavy atom. The molecule has 0 aliphatic heterocycles. The highest BCUT2D eigenvalue weighted by atomic mass is 17.2. The van der Waals surface area contributed by atoms with Gasteiger partial charge in [0, 0.05) is 11.4 Å². The molecule has 2 rings (SSSR count). The summed E-state index contributed by atoms with van der Waals surface area (Å²) in [4.78, 5) is 159. The van der Waals surface area contributed by atoms with E-state index in [2.05, 4.69) is 0 Å². The van der Waals surface area contributed by atoms with Crippen molar-refractivity contribution in [2.24, 2.45) is 0 Å². The van der Waals surface area contributed by atoms with Gasteiger partial charge in [0.25, 0.3) is 0 Å². The predicted molar refractivity (Wildman–Crippen MR) is 366 cm³/mol. The first-order valence-corrected chi connectivity index (χ1v) is 36.8. The van der Waals surface area contributed by atoms with Crippen LogP contribution in [0.5, 0.6) is 0 Å². The van der Waals surface area contributed by atoms with Gasteiger partial charge in [0.2, 0.25) is 0 Å². The summed E-state index contributed by atoms with van der Waals surface area (Å²) in [5, 5.41) is 0. The van der Waals surface area contributed by atoms with E-state index < -0.39 is 0 Å². The third-order valence-electron chi connectivity index (χ3n) is 13.6. The van der Waals surface area contributed by atoms with Crippen LogP contribution in [0.1, 0.15) is 200 Å². The highest BCUT2D eigenvalue weighted by molar-refractivity contribution is 5.90. The number of hydrogen-bond acceptors (Lipinski definition) is 32. The number of nitrogen functional groups attached to an aromatic ring is 2. The molecule has 2 aromatic carbocycles. The second-order valence-electron chi connectivity index (χ2n) is 22.8. The second-order valence-corrected chi connectivity index (χ2v) is 22.8. The predicted octanol–water partition coefficient (Wildman–Crippen LogP) is 12.1. The molecule has 2 aromatic rings. The van der Waals surface area contributed by atoms with Gasteiger partial charge in [0.15, 0.2) is 0 Å². The Hall–Kier alpha value is -4.06. The standard InChI is InChI=1S/C70H124N2O30/c71-67-33-29-65(30-34-67)69(73)75-37-1-3-39-77-79-41-5-7-43-81-83-45-9-11-47-85-87-49-13-15-51-89-91-53-17-19-55-93-95-57-21-23-59-97-99-61-25-27-63-101-102-64-28-26-62-100-98-60-24-22-58-96-94-56-20-18-54-92-90-52-16-14-50-88-86-48-12-10-46-84-82-44-8-6-42-80-78-40-4-2-38-76-70(74)66-31-35-68(72)36-32-66/h29-36H,1-28,37-64,71-72H2. The molecule has 32 nitrogen and oxygen atoms in total. The molecule has 0 aliphatic rings. The van der Waals surface area contributed by atoms with Crippen LogP contribution in [0.15, 0.2) is 48.5 Å². The molecule has 0 radical (unpaired) electrons. The molecule has 0 heterocycles. The van der Waals surface area contributed by atoms with E-state index in [9.17, 15) is 9.59 Å². The first-order valence-electron chi connectivity index (χ1n) is 36.8. The van der Waals surface area contributed by atoms with Gasteiger partial charge >= 0.3 is 11.9 Å². The van der Waals surface area contributed by atoms with Crippen molar-refractivity contribution in [3.8, 4) is 0 Å². The zero-order valence-corrected chi connectivity index (χ0v) is 60.6. The van der Waals surface area contributed by atoms with Crippen LogP contribution in [0, 0.1) is 0 Å². The number of nitrogens with two attached hydrogens (primary N) is 2. The minimum absolute atomic E-state index is 0.312. The lowest BCUT2D eigenvalue weighted by Gasteiger charge is -2.07. The summed E-state index contributed by atoms with van der Waals surface area (Å²) in [6.45, 7) is 12.8. The molecule has 0 bridgehead atoms. The summed E-state index contributed by atoms with van der Waals surface area (Å²) in [6, 6.07) is 13.2. The van der Waals surface area contributed by atoms with Crippen molar-refractivity contribution in [1.29, 1.82) is 0 Å². The van der Waals surface area contributed by atoms with Crippen LogP contribution in [0.25, 0.3) is 0 Å². The third-order valence-corrected chi connectivity index (χ3v) is 13.6. The SMILES string of the molecule is Nc1ccc(C(=O)OCCCCOOCCCCOOCCCCOOCCCCOOCCCCOOCCCCOOCCCCOOCCCCOOCCCCOOCCCCOOCCCCOOCCCCOOCCCCOOCCCCOC(=O)c2ccc(N)cc2)cc1. The van der Waals surface area contributed by atoms with Crippen molar-refractivity contribution in [1.82, 2.24) is 0 Å². The maximum Gasteiger partial charge on any atom is 0.338 e. The van der Waals surface area contributed by atoms with E-state index in [1.807, 2.05) is 0 Å². The molecule has 0 spiro atoms. The van der Waals surface area contributed by atoms with Gasteiger partial charge in [-0.25, -0.2) is 137 Å². The largest absolute Gasteiger partial charge is 0.462 e. The van der Waals surface area contributed by atoms with Gasteiger partial charge in [-0.1, -0.05) is 0 Å².